The molecular weight excluding hydrogens is 399 g/mol. The molecule has 1 amide bonds. The highest BCUT2D eigenvalue weighted by atomic mass is 19.1. The van der Waals surface area contributed by atoms with Crippen LogP contribution < -0.4 is 10.1 Å². The number of para-hydroxylation sites is 1. The highest BCUT2D eigenvalue weighted by Crippen LogP contribution is 2.31. The number of methoxy groups -OCH3 is 1. The van der Waals surface area contributed by atoms with E-state index in [1.165, 1.54) is 12.1 Å². The predicted octanol–water partition coefficient (Wildman–Crippen LogP) is 2.62. The van der Waals surface area contributed by atoms with Crippen LogP contribution in [0.5, 0.6) is 5.75 Å². The Bertz CT molecular complexity index is 873. The molecule has 1 heterocycles. The number of aliphatic hydroxyl groups is 1. The molecule has 2 aromatic rings. The molecule has 0 spiro atoms. The molecule has 0 bridgehead atoms. The van der Waals surface area contributed by atoms with Crippen molar-refractivity contribution in [3.8, 4) is 5.75 Å². The zero-order chi connectivity index (χ0) is 21.8. The minimum absolute atomic E-state index is 0.00117. The standard InChI is InChI=1S/C24H29FN2O4/c1-30-16-11-13-27(14-12-16)22-20(26-24(29)18-9-5-6-10-19(18)25)15-21(23(22)28)31-17-7-3-2-4-8-17/h2-10,16,20-23,28H,11-15H2,1H3,(H,26,29)/t20-,21-,22+,23+/m1/s1. The number of amides is 1. The second-order valence-electron chi connectivity index (χ2n) is 8.22. The van der Waals surface area contributed by atoms with Crippen LogP contribution in [0.4, 0.5) is 4.39 Å². The number of likely N-dealkylation sites (tertiary alicyclic amines) is 1. The number of aliphatic hydroxyl groups excluding tert-OH is 1. The number of carbonyl (C=O) groups is 1. The summed E-state index contributed by atoms with van der Waals surface area (Å²) >= 11 is 0. The lowest BCUT2D eigenvalue weighted by atomic mass is 10.0. The Morgan fingerprint density at radius 1 is 1.10 bits per heavy atom. The smallest absolute Gasteiger partial charge is 0.254 e. The van der Waals surface area contributed by atoms with Crippen molar-refractivity contribution in [3.63, 3.8) is 0 Å². The van der Waals surface area contributed by atoms with Crippen LogP contribution >= 0.6 is 0 Å². The zero-order valence-electron chi connectivity index (χ0n) is 17.6. The van der Waals surface area contributed by atoms with Crippen molar-refractivity contribution in [2.75, 3.05) is 20.2 Å². The zero-order valence-corrected chi connectivity index (χ0v) is 17.6. The first-order valence-corrected chi connectivity index (χ1v) is 10.8. The Hall–Kier alpha value is -2.48. The quantitative estimate of drug-likeness (QED) is 0.740. The van der Waals surface area contributed by atoms with E-state index in [1.807, 2.05) is 30.3 Å². The molecule has 4 atom stereocenters. The molecular formula is C24H29FN2O4. The fourth-order valence-electron chi connectivity index (χ4n) is 4.69. The van der Waals surface area contributed by atoms with E-state index in [2.05, 4.69) is 10.2 Å². The summed E-state index contributed by atoms with van der Waals surface area (Å²) in [6, 6.07) is 14.6. The van der Waals surface area contributed by atoms with Crippen LogP contribution in [0.3, 0.4) is 0 Å². The van der Waals surface area contributed by atoms with Gasteiger partial charge in [-0.25, -0.2) is 4.39 Å². The van der Waals surface area contributed by atoms with Crippen LogP contribution in [0.1, 0.15) is 29.6 Å². The number of benzene rings is 2. The number of ether oxygens (including phenoxy) is 2. The topological polar surface area (TPSA) is 71.0 Å². The van der Waals surface area contributed by atoms with Gasteiger partial charge in [-0.05, 0) is 37.1 Å². The van der Waals surface area contributed by atoms with E-state index in [9.17, 15) is 14.3 Å². The summed E-state index contributed by atoms with van der Waals surface area (Å²) in [5, 5.41) is 14.1. The highest BCUT2D eigenvalue weighted by molar-refractivity contribution is 5.94. The number of hydrogen-bond donors (Lipinski definition) is 2. The molecule has 0 aromatic heterocycles. The number of halogens is 1. The van der Waals surface area contributed by atoms with Gasteiger partial charge in [0, 0.05) is 26.6 Å². The Kier molecular flexibility index (Phi) is 6.85. The summed E-state index contributed by atoms with van der Waals surface area (Å²) in [5.74, 6) is -0.370. The first-order valence-electron chi connectivity index (χ1n) is 10.8. The number of nitrogens with zero attached hydrogens (tertiary/aromatic N) is 1. The van der Waals surface area contributed by atoms with Crippen molar-refractivity contribution >= 4 is 5.91 Å². The number of nitrogens with one attached hydrogen (secondary N) is 1. The van der Waals surface area contributed by atoms with Crippen molar-refractivity contribution < 1.29 is 23.8 Å². The lowest BCUT2D eigenvalue weighted by Gasteiger charge is -2.39. The van der Waals surface area contributed by atoms with E-state index in [4.69, 9.17) is 9.47 Å². The third kappa shape index (κ3) is 4.89. The second-order valence-corrected chi connectivity index (χ2v) is 8.22. The van der Waals surface area contributed by atoms with Crippen molar-refractivity contribution in [1.29, 1.82) is 0 Å². The van der Waals surface area contributed by atoms with Crippen LogP contribution in [0.2, 0.25) is 0 Å². The molecule has 1 aliphatic heterocycles. The van der Waals surface area contributed by atoms with Gasteiger partial charge in [0.2, 0.25) is 0 Å². The van der Waals surface area contributed by atoms with Gasteiger partial charge in [-0.15, -0.1) is 0 Å². The first-order chi connectivity index (χ1) is 15.1. The molecule has 2 aromatic carbocycles. The fraction of sp³-hybridized carbons (Fsp3) is 0.458. The first kappa shape index (κ1) is 21.7. The van der Waals surface area contributed by atoms with E-state index < -0.39 is 23.9 Å². The van der Waals surface area contributed by atoms with E-state index in [0.717, 1.165) is 25.9 Å². The summed E-state index contributed by atoms with van der Waals surface area (Å²) in [6.07, 6.45) is 1.10. The number of hydrogen-bond acceptors (Lipinski definition) is 5. The second kappa shape index (κ2) is 9.77. The monoisotopic (exact) mass is 428 g/mol. The molecule has 6 nitrogen and oxygen atoms in total. The van der Waals surface area contributed by atoms with Crippen molar-refractivity contribution in [2.24, 2.45) is 0 Å². The van der Waals surface area contributed by atoms with Gasteiger partial charge >= 0.3 is 0 Å². The molecule has 166 valence electrons. The van der Waals surface area contributed by atoms with Crippen molar-refractivity contribution in [3.05, 3.63) is 66.0 Å². The van der Waals surface area contributed by atoms with Gasteiger partial charge in [0.05, 0.1) is 23.8 Å². The number of rotatable bonds is 6. The molecule has 0 radical (unpaired) electrons. The van der Waals surface area contributed by atoms with E-state index in [0.29, 0.717) is 12.2 Å². The van der Waals surface area contributed by atoms with Crippen LogP contribution in [0.15, 0.2) is 54.6 Å². The normalized spacial score (nSPS) is 27.2. The summed E-state index contributed by atoms with van der Waals surface area (Å²) in [5.41, 5.74) is 0.00117. The molecule has 31 heavy (non-hydrogen) atoms. The van der Waals surface area contributed by atoms with Crippen LogP contribution in [-0.2, 0) is 4.74 Å². The maximum Gasteiger partial charge on any atom is 0.254 e. The SMILES string of the molecule is COC1CCN([C@@H]2[C@@H](O)[C@H](Oc3ccccc3)C[C@H]2NC(=O)c2ccccc2F)CC1. The van der Waals surface area contributed by atoms with Gasteiger partial charge in [-0.3, -0.25) is 9.69 Å². The maximum atomic E-state index is 14.1. The van der Waals surface area contributed by atoms with Crippen LogP contribution in [0, 0.1) is 5.82 Å². The number of carbonyl (C=O) groups excluding carboxylic acids is 1. The van der Waals surface area contributed by atoms with E-state index in [-0.39, 0.29) is 23.8 Å². The number of piperidine rings is 1. The van der Waals surface area contributed by atoms with Gasteiger partial charge in [-0.2, -0.15) is 0 Å². The summed E-state index contributed by atoms with van der Waals surface area (Å²) < 4.78 is 25.7. The highest BCUT2D eigenvalue weighted by Gasteiger charge is 2.48. The van der Waals surface area contributed by atoms with Crippen LogP contribution in [0.25, 0.3) is 0 Å². The average Bonchev–Trinajstić information content (AvgIpc) is 3.09. The van der Waals surface area contributed by atoms with E-state index >= 15 is 0 Å². The average molecular weight is 429 g/mol. The van der Waals surface area contributed by atoms with E-state index in [1.54, 1.807) is 19.2 Å². The molecule has 1 saturated carbocycles. The van der Waals surface area contributed by atoms with Gasteiger partial charge in [0.25, 0.3) is 5.91 Å². The maximum absolute atomic E-state index is 14.1. The summed E-state index contributed by atoms with van der Waals surface area (Å²) in [6.45, 7) is 1.51. The molecule has 4 rings (SSSR count). The molecule has 1 aliphatic carbocycles. The molecule has 7 heteroatoms. The van der Waals surface area contributed by atoms with Gasteiger partial charge in [0.1, 0.15) is 23.8 Å². The molecule has 0 unspecified atom stereocenters. The molecule has 2 fully saturated rings. The van der Waals surface area contributed by atoms with Gasteiger partial charge in [-0.1, -0.05) is 30.3 Å². The molecule has 2 N–H and O–H groups in total. The summed E-state index contributed by atoms with van der Waals surface area (Å²) in [4.78, 5) is 15.0. The fourth-order valence-corrected chi connectivity index (χ4v) is 4.69. The Labute approximate surface area is 182 Å². The third-order valence-electron chi connectivity index (χ3n) is 6.33. The Morgan fingerprint density at radius 2 is 1.77 bits per heavy atom. The van der Waals surface area contributed by atoms with Crippen LogP contribution in [-0.4, -0.2) is 66.5 Å². The molecule has 2 aliphatic rings. The van der Waals surface area contributed by atoms with Gasteiger partial charge < -0.3 is 19.9 Å². The van der Waals surface area contributed by atoms with Crippen molar-refractivity contribution in [1.82, 2.24) is 10.2 Å². The Morgan fingerprint density at radius 3 is 2.45 bits per heavy atom. The minimum atomic E-state index is -0.787. The lowest BCUT2D eigenvalue weighted by Crippen LogP contribution is -2.56. The summed E-state index contributed by atoms with van der Waals surface area (Å²) in [7, 11) is 1.71. The lowest BCUT2D eigenvalue weighted by molar-refractivity contribution is -0.0228. The minimum Gasteiger partial charge on any atom is -0.488 e. The Balaban J connectivity index is 1.52. The van der Waals surface area contributed by atoms with Gasteiger partial charge in [0.15, 0.2) is 0 Å². The molecule has 1 saturated heterocycles. The largest absolute Gasteiger partial charge is 0.488 e. The third-order valence-corrected chi connectivity index (χ3v) is 6.33. The van der Waals surface area contributed by atoms with Crippen molar-refractivity contribution in [2.45, 2.75) is 49.7 Å². The predicted molar refractivity (Wildman–Crippen MR) is 115 cm³/mol.